The fourth-order valence-electron chi connectivity index (χ4n) is 3.56. The number of halogens is 3. The SMILES string of the molecule is CC(=O)NCC1Cc2ncc(NC(=O)OC(C)(C)C)cc2N(c2ccc(C(F)(F)F)cc2)C1. The number of anilines is 3. The van der Waals surface area contributed by atoms with E-state index in [9.17, 15) is 22.8 Å². The number of hydrogen-bond donors (Lipinski definition) is 2. The third-order valence-electron chi connectivity index (χ3n) is 4.95. The molecule has 3 rings (SSSR count). The Labute approximate surface area is 190 Å². The molecule has 1 aliphatic rings. The van der Waals surface area contributed by atoms with Crippen LogP contribution in [0.15, 0.2) is 36.5 Å². The number of hydrogen-bond acceptors (Lipinski definition) is 5. The van der Waals surface area contributed by atoms with Gasteiger partial charge < -0.3 is 15.0 Å². The van der Waals surface area contributed by atoms with Crippen molar-refractivity contribution in [3.05, 3.63) is 47.8 Å². The Bertz CT molecular complexity index is 1020. The Morgan fingerprint density at radius 1 is 1.18 bits per heavy atom. The average molecular weight is 464 g/mol. The molecular formula is C23H27F3N4O3. The van der Waals surface area contributed by atoms with Gasteiger partial charge in [-0.05, 0) is 63.4 Å². The number of rotatable bonds is 4. The predicted octanol–water partition coefficient (Wildman–Crippen LogP) is 4.89. The van der Waals surface area contributed by atoms with Crippen molar-refractivity contribution in [2.45, 2.75) is 45.9 Å². The Morgan fingerprint density at radius 2 is 1.85 bits per heavy atom. The van der Waals surface area contributed by atoms with E-state index in [4.69, 9.17) is 4.74 Å². The lowest BCUT2D eigenvalue weighted by Crippen LogP contribution is -2.39. The van der Waals surface area contributed by atoms with Gasteiger partial charge in [0.2, 0.25) is 5.91 Å². The lowest BCUT2D eigenvalue weighted by Gasteiger charge is -2.36. The van der Waals surface area contributed by atoms with Crippen molar-refractivity contribution in [2.24, 2.45) is 5.92 Å². The number of nitrogens with zero attached hydrogens (tertiary/aromatic N) is 2. The number of amides is 2. The third kappa shape index (κ3) is 6.59. The first-order valence-electron chi connectivity index (χ1n) is 10.5. The summed E-state index contributed by atoms with van der Waals surface area (Å²) in [4.78, 5) is 29.8. The molecular weight excluding hydrogens is 437 g/mol. The first-order chi connectivity index (χ1) is 15.3. The molecule has 2 aromatic rings. The molecule has 0 aliphatic carbocycles. The summed E-state index contributed by atoms with van der Waals surface area (Å²) in [5, 5.41) is 5.44. The molecule has 1 aliphatic heterocycles. The molecule has 0 saturated heterocycles. The highest BCUT2D eigenvalue weighted by Crippen LogP contribution is 2.37. The van der Waals surface area contributed by atoms with Crippen LogP contribution >= 0.6 is 0 Å². The van der Waals surface area contributed by atoms with Crippen molar-refractivity contribution < 1.29 is 27.5 Å². The zero-order valence-corrected chi connectivity index (χ0v) is 18.9. The maximum atomic E-state index is 13.0. The fourth-order valence-corrected chi connectivity index (χ4v) is 3.56. The van der Waals surface area contributed by atoms with Crippen LogP contribution in [0, 0.1) is 5.92 Å². The van der Waals surface area contributed by atoms with Gasteiger partial charge in [-0.15, -0.1) is 0 Å². The summed E-state index contributed by atoms with van der Waals surface area (Å²) < 4.78 is 44.3. The molecule has 178 valence electrons. The normalized spacial score (nSPS) is 16.1. The number of benzene rings is 1. The van der Waals surface area contributed by atoms with Gasteiger partial charge in [0.05, 0.1) is 28.8 Å². The molecule has 2 N–H and O–H groups in total. The monoisotopic (exact) mass is 464 g/mol. The van der Waals surface area contributed by atoms with Crippen molar-refractivity contribution >= 4 is 29.1 Å². The molecule has 10 heteroatoms. The van der Waals surface area contributed by atoms with E-state index in [0.29, 0.717) is 42.3 Å². The summed E-state index contributed by atoms with van der Waals surface area (Å²) in [6, 6.07) is 6.59. The van der Waals surface area contributed by atoms with Gasteiger partial charge in [-0.3, -0.25) is 15.1 Å². The van der Waals surface area contributed by atoms with Crippen LogP contribution in [0.3, 0.4) is 0 Å². The van der Waals surface area contributed by atoms with Crippen LogP contribution < -0.4 is 15.5 Å². The van der Waals surface area contributed by atoms with Crippen molar-refractivity contribution in [1.29, 1.82) is 0 Å². The number of alkyl halides is 3. The lowest BCUT2D eigenvalue weighted by atomic mass is 9.95. The second kappa shape index (κ2) is 9.29. The summed E-state index contributed by atoms with van der Waals surface area (Å²) in [5.41, 5.74) is 0.924. The zero-order chi connectivity index (χ0) is 24.4. The smallest absolute Gasteiger partial charge is 0.416 e. The number of carbonyl (C=O) groups excluding carboxylic acids is 2. The van der Waals surface area contributed by atoms with Gasteiger partial charge >= 0.3 is 12.3 Å². The molecule has 7 nitrogen and oxygen atoms in total. The standard InChI is InChI=1S/C23H27F3N4O3/c1-14(31)27-11-15-9-19-20(10-17(12-28-19)29-21(32)33-22(2,3)4)30(13-15)18-7-5-16(6-8-18)23(24,25)26/h5-8,10,12,15H,9,11,13H2,1-4H3,(H,27,31)(H,29,32). The second-order valence-electron chi connectivity index (χ2n) is 8.98. The molecule has 0 saturated carbocycles. The molecule has 2 heterocycles. The first-order valence-corrected chi connectivity index (χ1v) is 10.5. The number of nitrogens with one attached hydrogen (secondary N) is 2. The molecule has 0 fully saturated rings. The quantitative estimate of drug-likeness (QED) is 0.673. The predicted molar refractivity (Wildman–Crippen MR) is 118 cm³/mol. The zero-order valence-electron chi connectivity index (χ0n) is 18.9. The summed E-state index contributed by atoms with van der Waals surface area (Å²) in [6.45, 7) is 7.54. The van der Waals surface area contributed by atoms with E-state index in [1.165, 1.54) is 25.3 Å². The summed E-state index contributed by atoms with van der Waals surface area (Å²) >= 11 is 0. The topological polar surface area (TPSA) is 83.6 Å². The third-order valence-corrected chi connectivity index (χ3v) is 4.95. The molecule has 0 bridgehead atoms. The van der Waals surface area contributed by atoms with Crippen LogP contribution in [0.1, 0.15) is 39.0 Å². The van der Waals surface area contributed by atoms with Gasteiger partial charge in [0.1, 0.15) is 5.60 Å². The van der Waals surface area contributed by atoms with Crippen LogP contribution in [0.2, 0.25) is 0 Å². The van der Waals surface area contributed by atoms with Crippen molar-refractivity contribution in [2.75, 3.05) is 23.3 Å². The summed E-state index contributed by atoms with van der Waals surface area (Å²) in [6.07, 6.45) is -2.99. The van der Waals surface area contributed by atoms with E-state index in [2.05, 4.69) is 15.6 Å². The fraction of sp³-hybridized carbons (Fsp3) is 0.435. The van der Waals surface area contributed by atoms with Crippen molar-refractivity contribution in [3.63, 3.8) is 0 Å². The maximum Gasteiger partial charge on any atom is 0.416 e. The first kappa shape index (κ1) is 24.3. The minimum Gasteiger partial charge on any atom is -0.444 e. The van der Waals surface area contributed by atoms with Crippen molar-refractivity contribution in [1.82, 2.24) is 10.3 Å². The van der Waals surface area contributed by atoms with Crippen LogP contribution in [0.4, 0.5) is 35.0 Å². The highest BCUT2D eigenvalue weighted by atomic mass is 19.4. The van der Waals surface area contributed by atoms with Gasteiger partial charge in [0, 0.05) is 25.7 Å². The Morgan fingerprint density at radius 3 is 2.42 bits per heavy atom. The molecule has 0 radical (unpaired) electrons. The number of pyridine rings is 1. The summed E-state index contributed by atoms with van der Waals surface area (Å²) in [5.74, 6) is -0.160. The van der Waals surface area contributed by atoms with Crippen LogP contribution in [-0.2, 0) is 22.1 Å². The minimum absolute atomic E-state index is 0.000794. The lowest BCUT2D eigenvalue weighted by molar-refractivity contribution is -0.137. The van der Waals surface area contributed by atoms with Crippen LogP contribution in [0.25, 0.3) is 0 Å². The average Bonchev–Trinajstić information content (AvgIpc) is 2.69. The van der Waals surface area contributed by atoms with Crippen LogP contribution in [-0.4, -0.2) is 35.7 Å². The molecule has 33 heavy (non-hydrogen) atoms. The van der Waals surface area contributed by atoms with Gasteiger partial charge in [0.25, 0.3) is 0 Å². The largest absolute Gasteiger partial charge is 0.444 e. The van der Waals surface area contributed by atoms with Gasteiger partial charge in [-0.1, -0.05) is 0 Å². The van der Waals surface area contributed by atoms with E-state index in [0.717, 1.165) is 12.1 Å². The minimum atomic E-state index is -4.43. The highest BCUT2D eigenvalue weighted by molar-refractivity contribution is 5.86. The number of carbonyl (C=O) groups is 2. The van der Waals surface area contributed by atoms with E-state index >= 15 is 0 Å². The van der Waals surface area contributed by atoms with Crippen LogP contribution in [0.5, 0.6) is 0 Å². The molecule has 1 aromatic carbocycles. The van der Waals surface area contributed by atoms with E-state index in [1.54, 1.807) is 26.8 Å². The maximum absolute atomic E-state index is 13.0. The van der Waals surface area contributed by atoms with Gasteiger partial charge in [0.15, 0.2) is 0 Å². The van der Waals surface area contributed by atoms with E-state index < -0.39 is 23.4 Å². The molecule has 1 aromatic heterocycles. The van der Waals surface area contributed by atoms with E-state index in [-0.39, 0.29) is 11.8 Å². The van der Waals surface area contributed by atoms with E-state index in [1.807, 2.05) is 4.90 Å². The number of fused-ring (bicyclic) bond motifs is 1. The number of aromatic nitrogens is 1. The molecule has 1 unspecified atom stereocenters. The molecule has 0 spiro atoms. The Kier molecular flexibility index (Phi) is 6.85. The second-order valence-corrected chi connectivity index (χ2v) is 8.98. The summed E-state index contributed by atoms with van der Waals surface area (Å²) in [7, 11) is 0. The Balaban J connectivity index is 1.92. The number of ether oxygens (including phenoxy) is 1. The molecule has 2 amide bonds. The highest BCUT2D eigenvalue weighted by Gasteiger charge is 2.31. The Hall–Kier alpha value is -3.30. The van der Waals surface area contributed by atoms with Crippen molar-refractivity contribution in [3.8, 4) is 0 Å². The van der Waals surface area contributed by atoms with Gasteiger partial charge in [-0.2, -0.15) is 13.2 Å². The molecule has 1 atom stereocenters. The van der Waals surface area contributed by atoms with Gasteiger partial charge in [-0.25, -0.2) is 4.79 Å².